The number of hydrogen-bond acceptors (Lipinski definition) is 4. The van der Waals surface area contributed by atoms with Crippen LogP contribution in [0.3, 0.4) is 0 Å². The van der Waals surface area contributed by atoms with E-state index < -0.39 is 4.92 Å². The average molecular weight is 301 g/mol. The van der Waals surface area contributed by atoms with Crippen molar-refractivity contribution in [3.63, 3.8) is 0 Å². The summed E-state index contributed by atoms with van der Waals surface area (Å²) in [7, 11) is 0. The largest absolute Gasteiger partial charge is 0.492 e. The minimum atomic E-state index is -0.481. The highest BCUT2D eigenvalue weighted by Crippen LogP contribution is 2.28. The molecular weight excluding hydrogens is 280 g/mol. The smallest absolute Gasteiger partial charge is 0.271 e. The maximum absolute atomic E-state index is 10.6. The number of halogens is 1. The van der Waals surface area contributed by atoms with Gasteiger partial charge in [0.1, 0.15) is 5.75 Å². The van der Waals surface area contributed by atoms with Crippen LogP contribution in [0.15, 0.2) is 18.2 Å². The number of non-ortho nitro benzene ring substituents is 1. The minimum Gasteiger partial charge on any atom is -0.492 e. The fourth-order valence-electron chi connectivity index (χ4n) is 1.49. The number of nitro benzene ring substituents is 1. The number of rotatable bonds is 6. The summed E-state index contributed by atoms with van der Waals surface area (Å²) < 4.78 is 5.60. The zero-order valence-electron chi connectivity index (χ0n) is 12.3. The third kappa shape index (κ3) is 5.75. The van der Waals surface area contributed by atoms with Crippen LogP contribution in [0, 0.1) is 16.0 Å². The van der Waals surface area contributed by atoms with Gasteiger partial charge in [-0.05, 0) is 26.8 Å². The highest BCUT2D eigenvalue weighted by Gasteiger charge is 2.13. The topological polar surface area (TPSA) is 64.4 Å². The molecule has 1 N–H and O–H groups in total. The molecule has 0 fully saturated rings. The van der Waals surface area contributed by atoms with Gasteiger partial charge in [0.25, 0.3) is 5.69 Å². The van der Waals surface area contributed by atoms with Crippen LogP contribution in [-0.2, 0) is 0 Å². The van der Waals surface area contributed by atoms with Crippen molar-refractivity contribution in [3.05, 3.63) is 33.3 Å². The maximum atomic E-state index is 10.6. The Kier molecular flexibility index (Phi) is 5.77. The van der Waals surface area contributed by atoms with Gasteiger partial charge in [0, 0.05) is 30.1 Å². The Hall–Kier alpha value is -1.33. The van der Waals surface area contributed by atoms with Crippen LogP contribution in [-0.4, -0.2) is 23.6 Å². The summed E-state index contributed by atoms with van der Waals surface area (Å²) in [6.45, 7) is 9.71. The van der Waals surface area contributed by atoms with Gasteiger partial charge in [0.2, 0.25) is 0 Å². The number of benzene rings is 1. The van der Waals surface area contributed by atoms with Crippen LogP contribution in [0.2, 0.25) is 5.02 Å². The van der Waals surface area contributed by atoms with E-state index in [0.717, 1.165) is 6.54 Å². The molecule has 5 nitrogen and oxygen atoms in total. The zero-order valence-corrected chi connectivity index (χ0v) is 13.0. The Morgan fingerprint density at radius 2 is 2.10 bits per heavy atom. The van der Waals surface area contributed by atoms with E-state index in [4.69, 9.17) is 16.3 Å². The maximum Gasteiger partial charge on any atom is 0.271 e. The standard InChI is InChI=1S/C14H21ClN2O3/c1-10(8-16-14(2,3)4)9-20-13-6-5-11(17(18)19)7-12(13)15/h5-7,10,16H,8-9H2,1-4H3. The summed E-state index contributed by atoms with van der Waals surface area (Å²) in [4.78, 5) is 10.1. The predicted molar refractivity (Wildman–Crippen MR) is 80.5 cm³/mol. The third-order valence-electron chi connectivity index (χ3n) is 2.63. The fraction of sp³-hybridized carbons (Fsp3) is 0.571. The molecule has 1 aromatic carbocycles. The lowest BCUT2D eigenvalue weighted by Crippen LogP contribution is -2.39. The van der Waals surface area contributed by atoms with Gasteiger partial charge in [0.15, 0.2) is 0 Å². The predicted octanol–water partition coefficient (Wildman–Crippen LogP) is 3.65. The van der Waals surface area contributed by atoms with Gasteiger partial charge in [-0.3, -0.25) is 10.1 Å². The molecule has 6 heteroatoms. The first-order valence-corrected chi connectivity index (χ1v) is 6.88. The van der Waals surface area contributed by atoms with Crippen molar-refractivity contribution < 1.29 is 9.66 Å². The number of nitro groups is 1. The number of nitrogens with one attached hydrogen (secondary N) is 1. The van der Waals surface area contributed by atoms with Crippen molar-refractivity contribution in [2.75, 3.05) is 13.2 Å². The monoisotopic (exact) mass is 300 g/mol. The Labute approximate surface area is 124 Å². The molecule has 0 saturated carbocycles. The summed E-state index contributed by atoms with van der Waals surface area (Å²) in [5, 5.41) is 14.3. The molecule has 0 aliphatic carbocycles. The van der Waals surface area contributed by atoms with Gasteiger partial charge >= 0.3 is 0 Å². The molecule has 0 heterocycles. The van der Waals surface area contributed by atoms with E-state index in [9.17, 15) is 10.1 Å². The van der Waals surface area contributed by atoms with E-state index in [1.165, 1.54) is 18.2 Å². The summed E-state index contributed by atoms with van der Waals surface area (Å²) >= 11 is 5.96. The van der Waals surface area contributed by atoms with Gasteiger partial charge in [-0.1, -0.05) is 18.5 Å². The van der Waals surface area contributed by atoms with E-state index in [2.05, 4.69) is 33.0 Å². The summed E-state index contributed by atoms with van der Waals surface area (Å²) in [5.41, 5.74) is 0.0315. The molecule has 0 spiro atoms. The van der Waals surface area contributed by atoms with E-state index in [0.29, 0.717) is 18.3 Å². The van der Waals surface area contributed by atoms with Crippen LogP contribution in [0.1, 0.15) is 27.7 Å². The van der Waals surface area contributed by atoms with E-state index in [1.807, 2.05) is 0 Å². The van der Waals surface area contributed by atoms with E-state index in [-0.39, 0.29) is 16.2 Å². The van der Waals surface area contributed by atoms with Crippen LogP contribution in [0.25, 0.3) is 0 Å². The molecule has 1 unspecified atom stereocenters. The molecule has 1 rings (SSSR count). The van der Waals surface area contributed by atoms with Crippen LogP contribution in [0.4, 0.5) is 5.69 Å². The second-order valence-electron chi connectivity index (χ2n) is 5.92. The number of hydrogen-bond donors (Lipinski definition) is 1. The molecule has 20 heavy (non-hydrogen) atoms. The first kappa shape index (κ1) is 16.7. The van der Waals surface area contributed by atoms with E-state index in [1.54, 1.807) is 0 Å². The van der Waals surface area contributed by atoms with Gasteiger partial charge in [-0.25, -0.2) is 0 Å². The molecule has 0 amide bonds. The highest BCUT2D eigenvalue weighted by atomic mass is 35.5. The molecule has 1 atom stereocenters. The Bertz CT molecular complexity index is 472. The number of nitrogens with zero attached hydrogens (tertiary/aromatic N) is 1. The first-order valence-electron chi connectivity index (χ1n) is 6.51. The average Bonchev–Trinajstić information content (AvgIpc) is 2.33. The summed E-state index contributed by atoms with van der Waals surface area (Å²) in [5.74, 6) is 0.778. The van der Waals surface area contributed by atoms with Gasteiger partial charge in [-0.2, -0.15) is 0 Å². The van der Waals surface area contributed by atoms with E-state index >= 15 is 0 Å². The molecule has 0 aliphatic heterocycles. The van der Waals surface area contributed by atoms with Gasteiger partial charge in [-0.15, -0.1) is 0 Å². The SMILES string of the molecule is CC(CNC(C)(C)C)COc1ccc([N+](=O)[O-])cc1Cl. The molecule has 0 aliphatic rings. The molecular formula is C14H21ClN2O3. The number of ether oxygens (including phenoxy) is 1. The van der Waals surface area contributed by atoms with Crippen molar-refractivity contribution in [2.24, 2.45) is 5.92 Å². The van der Waals surface area contributed by atoms with Gasteiger partial charge in [0.05, 0.1) is 16.6 Å². The lowest BCUT2D eigenvalue weighted by Gasteiger charge is -2.23. The summed E-state index contributed by atoms with van der Waals surface area (Å²) in [6, 6.07) is 4.22. The molecule has 0 radical (unpaired) electrons. The van der Waals surface area contributed by atoms with Crippen molar-refractivity contribution in [3.8, 4) is 5.75 Å². The van der Waals surface area contributed by atoms with Crippen molar-refractivity contribution in [2.45, 2.75) is 33.2 Å². The first-order chi connectivity index (χ1) is 9.19. The highest BCUT2D eigenvalue weighted by molar-refractivity contribution is 6.32. The van der Waals surface area contributed by atoms with Gasteiger partial charge < -0.3 is 10.1 Å². The lowest BCUT2D eigenvalue weighted by atomic mass is 10.1. The lowest BCUT2D eigenvalue weighted by molar-refractivity contribution is -0.384. The molecule has 112 valence electrons. The minimum absolute atomic E-state index is 0.0372. The molecule has 0 aromatic heterocycles. The van der Waals surface area contributed by atoms with Crippen LogP contribution in [0.5, 0.6) is 5.75 Å². The Morgan fingerprint density at radius 1 is 1.45 bits per heavy atom. The Balaban J connectivity index is 2.51. The fourth-order valence-corrected chi connectivity index (χ4v) is 1.72. The summed E-state index contributed by atoms with van der Waals surface area (Å²) in [6.07, 6.45) is 0. The second-order valence-corrected chi connectivity index (χ2v) is 6.33. The van der Waals surface area contributed by atoms with Crippen molar-refractivity contribution in [1.82, 2.24) is 5.32 Å². The normalized spacial score (nSPS) is 13.1. The second kappa shape index (κ2) is 6.90. The Morgan fingerprint density at radius 3 is 2.60 bits per heavy atom. The van der Waals surface area contributed by atoms with Crippen LogP contribution < -0.4 is 10.1 Å². The molecule has 0 saturated heterocycles. The molecule has 1 aromatic rings. The third-order valence-corrected chi connectivity index (χ3v) is 2.93. The quantitative estimate of drug-likeness (QED) is 0.643. The zero-order chi connectivity index (χ0) is 15.3. The van der Waals surface area contributed by atoms with Crippen LogP contribution >= 0.6 is 11.6 Å². The van der Waals surface area contributed by atoms with Crippen molar-refractivity contribution >= 4 is 17.3 Å². The van der Waals surface area contributed by atoms with Crippen molar-refractivity contribution in [1.29, 1.82) is 0 Å². The molecule has 0 bridgehead atoms.